The minimum absolute atomic E-state index is 0.0224. The largest absolute Gasteiger partial charge is 0.495 e. The number of carbonyl (C=O) groups is 1. The molecule has 0 spiro atoms. The molecule has 0 aromatic heterocycles. The summed E-state index contributed by atoms with van der Waals surface area (Å²) in [5.74, 6) is 0.212. The van der Waals surface area contributed by atoms with Crippen molar-refractivity contribution in [2.75, 3.05) is 19.4 Å². The fourth-order valence-electron chi connectivity index (χ4n) is 1.94. The topological polar surface area (TPSA) is 84.6 Å². The molecule has 0 bridgehead atoms. The molecule has 5 nitrogen and oxygen atoms in total. The van der Waals surface area contributed by atoms with Gasteiger partial charge in [-0.15, -0.1) is 0 Å². The smallest absolute Gasteiger partial charge is 0.251 e. The molecule has 0 saturated carbocycles. The maximum absolute atomic E-state index is 12.0. The van der Waals surface area contributed by atoms with E-state index in [1.54, 1.807) is 18.2 Å². The first-order valence-corrected chi connectivity index (χ1v) is 6.63. The SMILES string of the molecule is COc1cc(C(=O)NCC(O)CC(C)(C)C)ccc1N. The maximum Gasteiger partial charge on any atom is 0.251 e. The van der Waals surface area contributed by atoms with Crippen molar-refractivity contribution >= 4 is 11.6 Å². The van der Waals surface area contributed by atoms with Gasteiger partial charge in [0.25, 0.3) is 5.91 Å². The molecule has 0 aliphatic rings. The van der Waals surface area contributed by atoms with Gasteiger partial charge in [-0.2, -0.15) is 0 Å². The van der Waals surface area contributed by atoms with Crippen LogP contribution in [-0.2, 0) is 0 Å². The van der Waals surface area contributed by atoms with Gasteiger partial charge in [-0.3, -0.25) is 4.79 Å². The molecule has 0 saturated heterocycles. The summed E-state index contributed by atoms with van der Waals surface area (Å²) in [6.45, 7) is 6.36. The van der Waals surface area contributed by atoms with Crippen molar-refractivity contribution in [1.29, 1.82) is 0 Å². The predicted octanol–water partition coefficient (Wildman–Crippen LogP) is 1.80. The number of hydrogen-bond acceptors (Lipinski definition) is 4. The van der Waals surface area contributed by atoms with Crippen LogP contribution < -0.4 is 15.8 Å². The monoisotopic (exact) mass is 280 g/mol. The van der Waals surface area contributed by atoms with Gasteiger partial charge in [-0.05, 0) is 30.0 Å². The minimum Gasteiger partial charge on any atom is -0.495 e. The number of benzene rings is 1. The van der Waals surface area contributed by atoms with Gasteiger partial charge in [0, 0.05) is 12.1 Å². The number of nitrogens with one attached hydrogen (secondary N) is 1. The quantitative estimate of drug-likeness (QED) is 0.718. The van der Waals surface area contributed by atoms with Crippen LogP contribution in [0.2, 0.25) is 0 Å². The highest BCUT2D eigenvalue weighted by molar-refractivity contribution is 5.95. The molecule has 1 unspecified atom stereocenters. The Hall–Kier alpha value is -1.75. The van der Waals surface area contributed by atoms with Crippen LogP contribution in [0.1, 0.15) is 37.6 Å². The van der Waals surface area contributed by atoms with Gasteiger partial charge in [-0.1, -0.05) is 20.8 Å². The fraction of sp³-hybridized carbons (Fsp3) is 0.533. The summed E-state index contributed by atoms with van der Waals surface area (Å²) in [7, 11) is 1.50. The highest BCUT2D eigenvalue weighted by Crippen LogP contribution is 2.22. The third kappa shape index (κ3) is 5.09. The van der Waals surface area contributed by atoms with Gasteiger partial charge in [0.2, 0.25) is 0 Å². The van der Waals surface area contributed by atoms with Gasteiger partial charge in [0.1, 0.15) is 5.75 Å². The van der Waals surface area contributed by atoms with Crippen molar-refractivity contribution in [2.24, 2.45) is 5.41 Å². The van der Waals surface area contributed by atoms with Crippen LogP contribution in [-0.4, -0.2) is 30.8 Å². The number of methoxy groups -OCH3 is 1. The van der Waals surface area contributed by atoms with Crippen LogP contribution in [0.5, 0.6) is 5.75 Å². The number of carbonyl (C=O) groups excluding carboxylic acids is 1. The second kappa shape index (κ2) is 6.61. The molecular weight excluding hydrogens is 256 g/mol. The molecule has 4 N–H and O–H groups in total. The van der Waals surface area contributed by atoms with Crippen LogP contribution in [0.15, 0.2) is 18.2 Å². The van der Waals surface area contributed by atoms with Crippen molar-refractivity contribution in [3.05, 3.63) is 23.8 Å². The highest BCUT2D eigenvalue weighted by atomic mass is 16.5. The van der Waals surface area contributed by atoms with Crippen LogP contribution in [0, 0.1) is 5.41 Å². The lowest BCUT2D eigenvalue weighted by Crippen LogP contribution is -2.34. The minimum atomic E-state index is -0.561. The molecule has 5 heteroatoms. The fourth-order valence-corrected chi connectivity index (χ4v) is 1.94. The third-order valence-electron chi connectivity index (χ3n) is 2.84. The Morgan fingerprint density at radius 3 is 2.65 bits per heavy atom. The number of aliphatic hydroxyl groups excluding tert-OH is 1. The normalized spacial score (nSPS) is 12.8. The number of nitrogen functional groups attached to an aromatic ring is 1. The molecule has 0 heterocycles. The number of aliphatic hydroxyl groups is 1. The average molecular weight is 280 g/mol. The van der Waals surface area contributed by atoms with E-state index in [1.807, 2.05) is 20.8 Å². The summed E-state index contributed by atoms with van der Waals surface area (Å²) in [6, 6.07) is 4.84. The first kappa shape index (κ1) is 16.3. The zero-order valence-electron chi connectivity index (χ0n) is 12.6. The molecule has 0 radical (unpaired) electrons. The molecule has 1 amide bonds. The Morgan fingerprint density at radius 1 is 1.45 bits per heavy atom. The first-order chi connectivity index (χ1) is 9.23. The van der Waals surface area contributed by atoms with Gasteiger partial charge in [0.15, 0.2) is 0 Å². The van der Waals surface area contributed by atoms with Gasteiger partial charge < -0.3 is 20.9 Å². The summed E-state index contributed by atoms with van der Waals surface area (Å²) in [4.78, 5) is 12.0. The van der Waals surface area contributed by atoms with Gasteiger partial charge >= 0.3 is 0 Å². The number of anilines is 1. The number of rotatable bonds is 5. The first-order valence-electron chi connectivity index (χ1n) is 6.63. The summed E-state index contributed by atoms with van der Waals surface area (Å²) in [5.41, 5.74) is 6.66. The van der Waals surface area contributed by atoms with E-state index in [9.17, 15) is 9.90 Å². The standard InChI is InChI=1S/C15H24N2O3/c1-15(2,3)8-11(18)9-17-14(19)10-5-6-12(16)13(7-10)20-4/h5-7,11,18H,8-9,16H2,1-4H3,(H,17,19). The van der Waals surface area contributed by atoms with Crippen molar-refractivity contribution in [2.45, 2.75) is 33.3 Å². The summed E-state index contributed by atoms with van der Waals surface area (Å²) in [5, 5.41) is 12.6. The average Bonchev–Trinajstić information content (AvgIpc) is 2.34. The molecule has 1 aromatic carbocycles. The molecule has 0 fully saturated rings. The highest BCUT2D eigenvalue weighted by Gasteiger charge is 2.17. The van der Waals surface area contributed by atoms with Crippen LogP contribution >= 0.6 is 0 Å². The van der Waals surface area contributed by atoms with E-state index in [0.717, 1.165) is 0 Å². The van der Waals surface area contributed by atoms with Crippen LogP contribution in [0.3, 0.4) is 0 Å². The van der Waals surface area contributed by atoms with E-state index in [0.29, 0.717) is 23.4 Å². The summed E-state index contributed by atoms with van der Waals surface area (Å²) >= 11 is 0. The van der Waals surface area contributed by atoms with E-state index in [-0.39, 0.29) is 17.9 Å². The summed E-state index contributed by atoms with van der Waals surface area (Å²) < 4.78 is 5.07. The van der Waals surface area contributed by atoms with E-state index < -0.39 is 6.10 Å². The van der Waals surface area contributed by atoms with E-state index in [1.165, 1.54) is 7.11 Å². The zero-order chi connectivity index (χ0) is 15.3. The van der Waals surface area contributed by atoms with Crippen molar-refractivity contribution in [1.82, 2.24) is 5.32 Å². The third-order valence-corrected chi connectivity index (χ3v) is 2.84. The van der Waals surface area contributed by atoms with Gasteiger partial charge in [0.05, 0.1) is 18.9 Å². The van der Waals surface area contributed by atoms with Crippen molar-refractivity contribution < 1.29 is 14.6 Å². The number of hydrogen-bond donors (Lipinski definition) is 3. The maximum atomic E-state index is 12.0. The van der Waals surface area contributed by atoms with E-state index in [2.05, 4.69) is 5.32 Å². The molecule has 0 aliphatic heterocycles. The van der Waals surface area contributed by atoms with E-state index >= 15 is 0 Å². The lowest BCUT2D eigenvalue weighted by molar-refractivity contribution is 0.0868. The van der Waals surface area contributed by atoms with Crippen LogP contribution in [0.4, 0.5) is 5.69 Å². The van der Waals surface area contributed by atoms with Gasteiger partial charge in [-0.25, -0.2) is 0 Å². The predicted molar refractivity (Wildman–Crippen MR) is 79.8 cm³/mol. The second-order valence-corrected chi connectivity index (χ2v) is 6.09. The van der Waals surface area contributed by atoms with Crippen molar-refractivity contribution in [3.8, 4) is 5.75 Å². The molecule has 1 aromatic rings. The van der Waals surface area contributed by atoms with E-state index in [4.69, 9.17) is 10.5 Å². The van der Waals surface area contributed by atoms with Crippen molar-refractivity contribution in [3.63, 3.8) is 0 Å². The molecule has 1 rings (SSSR count). The Kier molecular flexibility index (Phi) is 5.39. The molecular formula is C15H24N2O3. The van der Waals surface area contributed by atoms with Crippen LogP contribution in [0.25, 0.3) is 0 Å². The summed E-state index contributed by atoms with van der Waals surface area (Å²) in [6.07, 6.45) is 0.0628. The Labute approximate surface area is 120 Å². The Morgan fingerprint density at radius 2 is 2.10 bits per heavy atom. The Bertz CT molecular complexity index is 467. The molecule has 0 aliphatic carbocycles. The second-order valence-electron chi connectivity index (χ2n) is 6.09. The molecule has 20 heavy (non-hydrogen) atoms. The number of nitrogens with two attached hydrogens (primary N) is 1. The lowest BCUT2D eigenvalue weighted by Gasteiger charge is -2.22. The number of ether oxygens (including phenoxy) is 1. The molecule has 1 atom stereocenters. The zero-order valence-corrected chi connectivity index (χ0v) is 12.6. The lowest BCUT2D eigenvalue weighted by atomic mass is 9.89. The Balaban J connectivity index is 2.59. The molecule has 112 valence electrons. The number of amides is 1.